The number of nitrogens with one attached hydrogen (secondary N) is 1. The number of hydrogen-bond donors (Lipinski definition) is 1. The zero-order chi connectivity index (χ0) is 9.14. The summed E-state index contributed by atoms with van der Waals surface area (Å²) in [5.74, 6) is 1.78. The highest BCUT2D eigenvalue weighted by Gasteiger charge is 2.29. The maximum Gasteiger partial charge on any atom is 0.217 e. The molecule has 0 atom stereocenters. The van der Waals surface area contributed by atoms with E-state index in [1.165, 1.54) is 19.3 Å². The van der Waals surface area contributed by atoms with Gasteiger partial charge in [0, 0.05) is 13.0 Å². The average Bonchev–Trinajstić information content (AvgIpc) is 1.80. The molecule has 0 heterocycles. The molecule has 0 aliphatic heterocycles. The van der Waals surface area contributed by atoms with Gasteiger partial charge >= 0.3 is 0 Å². The molecule has 0 aromatic heterocycles. The molecule has 2 nitrogen and oxygen atoms in total. The van der Waals surface area contributed by atoms with E-state index in [4.69, 9.17) is 0 Å². The fraction of sp³-hybridized carbons (Fsp3) is 0.900. The molecule has 1 N–H and O–H groups in total. The van der Waals surface area contributed by atoms with Gasteiger partial charge in [-0.2, -0.15) is 0 Å². The van der Waals surface area contributed by atoms with Crippen LogP contribution < -0.4 is 5.32 Å². The van der Waals surface area contributed by atoms with E-state index in [0.717, 1.165) is 11.8 Å². The maximum atomic E-state index is 10.7. The largest absolute Gasteiger partial charge is 0.354 e. The molecule has 0 aromatic rings. The Morgan fingerprint density at radius 2 is 2.08 bits per heavy atom. The smallest absolute Gasteiger partial charge is 0.217 e. The van der Waals surface area contributed by atoms with Crippen molar-refractivity contribution >= 4 is 5.91 Å². The minimum atomic E-state index is 0.114. The van der Waals surface area contributed by atoms with Crippen molar-refractivity contribution < 1.29 is 4.79 Å². The first kappa shape index (κ1) is 9.56. The van der Waals surface area contributed by atoms with Crippen molar-refractivity contribution in [1.29, 1.82) is 0 Å². The second-order valence-electron chi connectivity index (χ2n) is 4.36. The zero-order valence-corrected chi connectivity index (χ0v) is 8.26. The summed E-state index contributed by atoms with van der Waals surface area (Å²) in [5.41, 5.74) is 0. The Kier molecular flexibility index (Phi) is 3.12. The molecule has 1 fully saturated rings. The second-order valence-corrected chi connectivity index (χ2v) is 4.36. The van der Waals surface area contributed by atoms with E-state index in [-0.39, 0.29) is 5.91 Å². The standard InChI is InChI=1S/C10H19NO/c1-7(2)4-9-5-10(6-9)11-8(3)12/h7,9-10H,4-6H2,1-3H3,(H,11,12). The van der Waals surface area contributed by atoms with Crippen molar-refractivity contribution in [3.63, 3.8) is 0 Å². The summed E-state index contributed by atoms with van der Waals surface area (Å²) in [6, 6.07) is 0.478. The van der Waals surface area contributed by atoms with E-state index >= 15 is 0 Å². The quantitative estimate of drug-likeness (QED) is 0.687. The van der Waals surface area contributed by atoms with Gasteiger partial charge in [0.1, 0.15) is 0 Å². The first-order valence-electron chi connectivity index (χ1n) is 4.85. The van der Waals surface area contributed by atoms with Gasteiger partial charge in [-0.15, -0.1) is 0 Å². The summed E-state index contributed by atoms with van der Waals surface area (Å²) >= 11 is 0. The van der Waals surface area contributed by atoms with Crippen LogP contribution in [0.4, 0.5) is 0 Å². The van der Waals surface area contributed by atoms with Gasteiger partial charge in [-0.05, 0) is 31.1 Å². The number of carbonyl (C=O) groups is 1. The van der Waals surface area contributed by atoms with Gasteiger partial charge in [0.05, 0.1) is 0 Å². The number of carbonyl (C=O) groups excluding carboxylic acids is 1. The first-order valence-corrected chi connectivity index (χ1v) is 4.85. The molecule has 0 spiro atoms. The van der Waals surface area contributed by atoms with E-state index in [1.54, 1.807) is 6.92 Å². The molecule has 1 saturated carbocycles. The molecule has 0 radical (unpaired) electrons. The lowest BCUT2D eigenvalue weighted by Gasteiger charge is -2.36. The third-order valence-corrected chi connectivity index (χ3v) is 2.45. The number of rotatable bonds is 3. The SMILES string of the molecule is CC(=O)NC1CC(CC(C)C)C1. The molecule has 2 heteroatoms. The van der Waals surface area contributed by atoms with Crippen LogP contribution in [0.1, 0.15) is 40.0 Å². The van der Waals surface area contributed by atoms with Crippen LogP contribution in [0, 0.1) is 11.8 Å². The number of amides is 1. The highest BCUT2D eigenvalue weighted by atomic mass is 16.1. The fourth-order valence-electron chi connectivity index (χ4n) is 2.00. The van der Waals surface area contributed by atoms with Gasteiger partial charge < -0.3 is 5.32 Å². The van der Waals surface area contributed by atoms with Crippen molar-refractivity contribution in [2.75, 3.05) is 0 Å². The second kappa shape index (κ2) is 3.92. The van der Waals surface area contributed by atoms with Crippen LogP contribution in [0.5, 0.6) is 0 Å². The van der Waals surface area contributed by atoms with Crippen molar-refractivity contribution in [2.45, 2.75) is 46.1 Å². The highest BCUT2D eigenvalue weighted by Crippen LogP contribution is 2.32. The van der Waals surface area contributed by atoms with E-state index in [2.05, 4.69) is 19.2 Å². The van der Waals surface area contributed by atoms with Gasteiger partial charge in [-0.25, -0.2) is 0 Å². The van der Waals surface area contributed by atoms with Crippen LogP contribution in [-0.4, -0.2) is 11.9 Å². The van der Waals surface area contributed by atoms with Crippen LogP contribution in [0.3, 0.4) is 0 Å². The van der Waals surface area contributed by atoms with Crippen LogP contribution in [0.2, 0.25) is 0 Å². The summed E-state index contributed by atoms with van der Waals surface area (Å²) in [4.78, 5) is 10.7. The predicted molar refractivity (Wildman–Crippen MR) is 49.8 cm³/mol. The van der Waals surface area contributed by atoms with E-state index in [0.29, 0.717) is 6.04 Å². The molecular formula is C10H19NO. The highest BCUT2D eigenvalue weighted by molar-refractivity contribution is 5.73. The van der Waals surface area contributed by atoms with Crippen molar-refractivity contribution in [3.8, 4) is 0 Å². The number of hydrogen-bond acceptors (Lipinski definition) is 1. The Morgan fingerprint density at radius 3 is 2.50 bits per heavy atom. The van der Waals surface area contributed by atoms with Gasteiger partial charge in [-0.1, -0.05) is 13.8 Å². The van der Waals surface area contributed by atoms with Crippen molar-refractivity contribution in [2.24, 2.45) is 11.8 Å². The molecule has 0 saturated heterocycles. The van der Waals surface area contributed by atoms with Gasteiger partial charge in [0.25, 0.3) is 0 Å². The molecule has 1 amide bonds. The third kappa shape index (κ3) is 2.84. The fourth-order valence-corrected chi connectivity index (χ4v) is 2.00. The zero-order valence-electron chi connectivity index (χ0n) is 8.26. The summed E-state index contributed by atoms with van der Waals surface area (Å²) in [7, 11) is 0. The summed E-state index contributed by atoms with van der Waals surface area (Å²) in [6.07, 6.45) is 3.70. The predicted octanol–water partition coefficient (Wildman–Crippen LogP) is 1.95. The minimum Gasteiger partial charge on any atom is -0.354 e. The molecule has 1 aliphatic rings. The maximum absolute atomic E-state index is 10.7. The average molecular weight is 169 g/mol. The van der Waals surface area contributed by atoms with Gasteiger partial charge in [0.2, 0.25) is 5.91 Å². The summed E-state index contributed by atoms with van der Waals surface area (Å²) in [6.45, 7) is 6.10. The molecule has 1 aliphatic carbocycles. The molecule has 0 bridgehead atoms. The molecule has 70 valence electrons. The van der Waals surface area contributed by atoms with E-state index in [1.807, 2.05) is 0 Å². The van der Waals surface area contributed by atoms with Crippen molar-refractivity contribution in [3.05, 3.63) is 0 Å². The topological polar surface area (TPSA) is 29.1 Å². The molecule has 0 unspecified atom stereocenters. The summed E-state index contributed by atoms with van der Waals surface area (Å²) < 4.78 is 0. The lowest BCUT2D eigenvalue weighted by molar-refractivity contribution is -0.120. The first-order chi connectivity index (χ1) is 5.58. The van der Waals surface area contributed by atoms with E-state index in [9.17, 15) is 4.79 Å². The normalized spacial score (nSPS) is 28.3. The Balaban J connectivity index is 2.08. The Morgan fingerprint density at radius 1 is 1.50 bits per heavy atom. The van der Waals surface area contributed by atoms with Crippen LogP contribution in [0.25, 0.3) is 0 Å². The Labute approximate surface area is 74.7 Å². The Hall–Kier alpha value is -0.530. The molecule has 0 aromatic carbocycles. The summed E-state index contributed by atoms with van der Waals surface area (Å²) in [5, 5.41) is 2.94. The van der Waals surface area contributed by atoms with Crippen LogP contribution in [0.15, 0.2) is 0 Å². The Bertz CT molecular complexity index is 159. The van der Waals surface area contributed by atoms with Crippen molar-refractivity contribution in [1.82, 2.24) is 5.32 Å². The third-order valence-electron chi connectivity index (χ3n) is 2.45. The van der Waals surface area contributed by atoms with Crippen LogP contribution >= 0.6 is 0 Å². The minimum absolute atomic E-state index is 0.114. The van der Waals surface area contributed by atoms with Crippen LogP contribution in [-0.2, 0) is 4.79 Å². The lowest BCUT2D eigenvalue weighted by Crippen LogP contribution is -2.43. The molecular weight excluding hydrogens is 150 g/mol. The molecule has 1 rings (SSSR count). The molecule has 12 heavy (non-hydrogen) atoms. The van der Waals surface area contributed by atoms with E-state index < -0.39 is 0 Å². The van der Waals surface area contributed by atoms with Gasteiger partial charge in [0.15, 0.2) is 0 Å². The van der Waals surface area contributed by atoms with Gasteiger partial charge in [-0.3, -0.25) is 4.79 Å². The monoisotopic (exact) mass is 169 g/mol. The lowest BCUT2D eigenvalue weighted by atomic mass is 9.76.